The van der Waals surface area contributed by atoms with E-state index >= 15 is 0 Å². The third-order valence-corrected chi connectivity index (χ3v) is 28.0. The van der Waals surface area contributed by atoms with Crippen molar-refractivity contribution in [3.63, 3.8) is 0 Å². The number of fused-ring (bicyclic) bond motifs is 1. The lowest BCUT2D eigenvalue weighted by Crippen LogP contribution is -2.47. The van der Waals surface area contributed by atoms with Gasteiger partial charge in [-0.1, -0.05) is 99.9 Å². The molecule has 4 saturated heterocycles. The fraction of sp³-hybridized carbons (Fsp3) is 0.106. The summed E-state index contributed by atoms with van der Waals surface area (Å²) < 4.78 is 128. The van der Waals surface area contributed by atoms with Crippen molar-refractivity contribution in [2.75, 3.05) is 104 Å². The Morgan fingerprint density at radius 3 is 1.06 bits per heavy atom. The number of aromatic nitrogens is 1. The zero-order valence-corrected chi connectivity index (χ0v) is 72.1. The molecule has 39 heteroatoms. The Morgan fingerprint density at radius 1 is 0.315 bits per heavy atom. The quantitative estimate of drug-likeness (QED) is 0.0420. The van der Waals surface area contributed by atoms with E-state index in [9.17, 15) is 76.0 Å². The largest absolute Gasteiger partial charge is 0.322 e. The normalized spacial score (nSPS) is 14.6. The summed E-state index contributed by atoms with van der Waals surface area (Å²) in [5.41, 5.74) is 5.94. The number of anilines is 11. The first-order chi connectivity index (χ1) is 58.9. The lowest BCUT2D eigenvalue weighted by molar-refractivity contribution is 0.101. The number of hydrogen-bond acceptors (Lipinski definition) is 16. The molecule has 27 nitrogen and oxygen atoms in total. The number of carbonyl (C=O) groups is 7. The van der Waals surface area contributed by atoms with E-state index in [4.69, 9.17) is 69.6 Å². The number of rotatable bonds is 18. The molecule has 7 amide bonds. The summed E-state index contributed by atoms with van der Waals surface area (Å²) >= 11 is 36.4. The van der Waals surface area contributed by atoms with Crippen LogP contribution in [0.5, 0.6) is 0 Å². The van der Waals surface area contributed by atoms with Crippen LogP contribution in [0, 0.1) is 18.6 Å². The minimum atomic E-state index is -3.40. The summed E-state index contributed by atoms with van der Waals surface area (Å²) in [6, 6.07) is 58.9. The zero-order chi connectivity index (χ0) is 88.7. The molecule has 0 unspecified atom stereocenters. The van der Waals surface area contributed by atoms with E-state index in [0.29, 0.717) is 90.2 Å². The lowest BCUT2D eigenvalue weighted by Gasteiger charge is -2.32. The minimum Gasteiger partial charge on any atom is -0.322 e. The summed E-state index contributed by atoms with van der Waals surface area (Å²) in [6.07, 6.45) is 3.47. The van der Waals surface area contributed by atoms with E-state index in [0.717, 1.165) is 37.1 Å². The topological polar surface area (TPSA) is 366 Å². The predicted molar refractivity (Wildman–Crippen MR) is 481 cm³/mol. The average molecular weight is 1870 g/mol. The van der Waals surface area contributed by atoms with Crippen molar-refractivity contribution >= 4 is 224 Å². The van der Waals surface area contributed by atoms with Gasteiger partial charge in [0.1, 0.15) is 11.6 Å². The second kappa shape index (κ2) is 37.8. The summed E-state index contributed by atoms with van der Waals surface area (Å²) in [6.45, 7) is 3.20. The Bertz CT molecular complexity index is 6310. The van der Waals surface area contributed by atoms with Crippen molar-refractivity contribution in [3.05, 3.63) is 329 Å². The highest BCUT2D eigenvalue weighted by molar-refractivity contribution is 7.95. The predicted octanol–water partition coefficient (Wildman–Crippen LogP) is 17.2. The number of benzene rings is 11. The van der Waals surface area contributed by atoms with Crippen LogP contribution in [0.2, 0.25) is 30.1 Å². The molecule has 1 aromatic heterocycles. The first-order valence-electron chi connectivity index (χ1n) is 36.9. The molecular weight excluding hydrogens is 1810 g/mol. The van der Waals surface area contributed by atoms with Gasteiger partial charge in [0, 0.05) is 110 Å². The molecule has 4 fully saturated rings. The number of carbonyl (C=O) groups excluding carboxylic acids is 7. The van der Waals surface area contributed by atoms with Gasteiger partial charge in [-0.2, -0.15) is 0 Å². The van der Waals surface area contributed by atoms with Crippen molar-refractivity contribution < 1.29 is 76.0 Å². The molecule has 636 valence electrons. The van der Waals surface area contributed by atoms with Crippen LogP contribution in [0.25, 0.3) is 10.8 Å². The third-order valence-electron chi connectivity index (χ3n) is 19.3. The Labute approximate surface area is 739 Å². The number of sulfonamides is 4. The third kappa shape index (κ3) is 21.5. The molecule has 4 aliphatic rings. The molecule has 7 N–H and O–H groups in total. The number of nitrogens with zero attached hydrogens (tertiary/aromatic N) is 5. The van der Waals surface area contributed by atoms with E-state index in [-0.39, 0.29) is 102 Å². The number of aryl methyl sites for hydroxylation is 1. The number of amides is 7. The van der Waals surface area contributed by atoms with Gasteiger partial charge in [0.05, 0.1) is 88.9 Å². The van der Waals surface area contributed by atoms with Gasteiger partial charge < -0.3 is 37.2 Å². The van der Waals surface area contributed by atoms with Crippen LogP contribution >= 0.6 is 69.6 Å². The fourth-order valence-corrected chi connectivity index (χ4v) is 18.0. The van der Waals surface area contributed by atoms with E-state index in [1.165, 1.54) is 99.6 Å². The molecule has 0 saturated carbocycles. The standard InChI is InChI=1S/C23H19ClFN3O4S.C22H16Cl3N3O4S.C22H16Cl2FN3O4S.C18H15N3O3S/c1-14-5-6-17(12-21(14)27-22(29)15-3-2-4-16(24)11-15)26-23(30)19-8-7-18(13-20(19)25)28-9-10-33(28,31)32;2*23-14-3-1-2-13(10-14)21(29)27-20-11-15(4-7-18(20)24)26-22(30)17-6-5-16(12-19(17)25)28-8-9-33(28,31)32;22-18(20-16-4-1-15-12-19-8-7-14(15)11-16)13-2-5-17(6-3-13)21-9-10-25(21,23)24/h2-8,11-13H,9-10H2,1H3,(H,26,30)(H,27,29);2*1-7,10-12H,8-9H2,(H,26,30)(H,27,29);1-8,11-12H,9-10H2,(H,20,22). The van der Waals surface area contributed by atoms with Gasteiger partial charge in [-0.15, -0.1) is 0 Å². The Morgan fingerprint density at radius 2 is 0.661 bits per heavy atom. The van der Waals surface area contributed by atoms with E-state index in [1.807, 2.05) is 24.3 Å². The number of nitrogens with one attached hydrogen (secondary N) is 7. The molecule has 0 bridgehead atoms. The minimum absolute atomic E-state index is 0.00358. The van der Waals surface area contributed by atoms with Crippen molar-refractivity contribution in [1.82, 2.24) is 4.98 Å². The SMILES string of the molecule is Cc1ccc(NC(=O)c2ccc(N3CCS3(=O)=O)cc2F)cc1NC(=O)c1cccc(Cl)c1.O=C(Nc1cc(NC(=O)c2ccc(N3CCS3(=O)=O)cc2Cl)ccc1Cl)c1cccc(Cl)c1.O=C(Nc1cc(NC(=O)c2ccc(N3CCS3(=O)=O)cc2F)ccc1Cl)c1cccc(Cl)c1.O=C(Nc1ccc2cnccc2c1)c1ccc(N2CCS2(=O)=O)cc1. The van der Waals surface area contributed by atoms with Crippen molar-refractivity contribution in [1.29, 1.82) is 0 Å². The van der Waals surface area contributed by atoms with Gasteiger partial charge in [-0.25, -0.2) is 42.5 Å². The van der Waals surface area contributed by atoms with Gasteiger partial charge in [-0.05, 0) is 218 Å². The monoisotopic (exact) mass is 1870 g/mol. The average Bonchev–Trinajstić information content (AvgIpc) is 0.781. The maximum absolute atomic E-state index is 14.6. The van der Waals surface area contributed by atoms with Crippen LogP contribution in [0.1, 0.15) is 78.1 Å². The molecule has 12 aromatic rings. The summed E-state index contributed by atoms with van der Waals surface area (Å²) in [5, 5.41) is 22.6. The second-order valence-electron chi connectivity index (χ2n) is 27.7. The highest BCUT2D eigenvalue weighted by atomic mass is 35.5. The van der Waals surface area contributed by atoms with Crippen molar-refractivity contribution in [2.24, 2.45) is 0 Å². The fourth-order valence-electron chi connectivity index (χ4n) is 12.5. The number of hydrogen-bond donors (Lipinski definition) is 7. The van der Waals surface area contributed by atoms with Crippen LogP contribution < -0.4 is 54.4 Å². The second-order valence-corrected chi connectivity index (χ2v) is 38.2. The molecule has 11 aromatic carbocycles. The molecule has 16 rings (SSSR count). The van der Waals surface area contributed by atoms with Crippen LogP contribution in [0.4, 0.5) is 71.3 Å². The van der Waals surface area contributed by atoms with Gasteiger partial charge in [0.15, 0.2) is 0 Å². The van der Waals surface area contributed by atoms with Crippen LogP contribution in [0.15, 0.2) is 243 Å². The van der Waals surface area contributed by atoms with Crippen molar-refractivity contribution in [2.45, 2.75) is 6.92 Å². The summed E-state index contributed by atoms with van der Waals surface area (Å²) in [4.78, 5) is 91.9. The molecule has 0 atom stereocenters. The maximum atomic E-state index is 14.6. The zero-order valence-electron chi connectivity index (χ0n) is 64.3. The van der Waals surface area contributed by atoms with Crippen LogP contribution in [0.3, 0.4) is 0 Å². The van der Waals surface area contributed by atoms with E-state index in [2.05, 4.69) is 42.2 Å². The van der Waals surface area contributed by atoms with E-state index < -0.39 is 81.3 Å². The first-order valence-corrected chi connectivity index (χ1v) is 45.7. The van der Waals surface area contributed by atoms with Gasteiger partial charge in [0.2, 0.25) is 40.1 Å². The lowest BCUT2D eigenvalue weighted by atomic mass is 10.1. The first kappa shape index (κ1) is 89.5. The Balaban J connectivity index is 0.000000143. The summed E-state index contributed by atoms with van der Waals surface area (Å²) in [7, 11) is -13.2. The maximum Gasteiger partial charge on any atom is 0.258 e. The molecule has 124 heavy (non-hydrogen) atoms. The van der Waals surface area contributed by atoms with Gasteiger partial charge in [-0.3, -0.25) is 55.8 Å². The highest BCUT2D eigenvalue weighted by Gasteiger charge is 2.37. The van der Waals surface area contributed by atoms with Crippen molar-refractivity contribution in [3.8, 4) is 0 Å². The highest BCUT2D eigenvalue weighted by Crippen LogP contribution is 2.36. The molecule has 4 aliphatic heterocycles. The number of pyridine rings is 1. The van der Waals surface area contributed by atoms with Crippen LogP contribution in [-0.4, -0.2) is 129 Å². The van der Waals surface area contributed by atoms with Gasteiger partial charge in [0.25, 0.3) is 41.4 Å². The smallest absolute Gasteiger partial charge is 0.258 e. The Kier molecular flexibility index (Phi) is 27.3. The Hall–Kier alpha value is -12.3. The molecule has 0 radical (unpaired) electrons. The molecule has 0 aliphatic carbocycles. The molecule has 5 heterocycles. The van der Waals surface area contributed by atoms with Crippen LogP contribution in [-0.2, 0) is 40.1 Å². The summed E-state index contributed by atoms with van der Waals surface area (Å²) in [5.74, 6) is -4.87. The molecular formula is C85H66Cl6F2N12O15S4. The molecule has 0 spiro atoms. The van der Waals surface area contributed by atoms with Gasteiger partial charge >= 0.3 is 0 Å². The van der Waals surface area contributed by atoms with E-state index in [1.54, 1.807) is 122 Å². The number of halogens is 8.